The van der Waals surface area contributed by atoms with E-state index in [2.05, 4.69) is 42.2 Å². The SMILES string of the molecule is CNc1cc(Oc2cc(Br)c(OC)cc2Br)ccn1. The lowest BCUT2D eigenvalue weighted by Gasteiger charge is -2.11. The van der Waals surface area contributed by atoms with Crippen LogP contribution in [0.4, 0.5) is 5.82 Å². The molecule has 0 saturated carbocycles. The molecule has 2 rings (SSSR count). The quantitative estimate of drug-likeness (QED) is 0.841. The number of nitrogens with one attached hydrogen (secondary N) is 1. The number of hydrogen-bond donors (Lipinski definition) is 1. The molecule has 0 aliphatic heterocycles. The van der Waals surface area contributed by atoms with E-state index in [0.29, 0.717) is 11.5 Å². The molecule has 0 bridgehead atoms. The largest absolute Gasteiger partial charge is 0.496 e. The lowest BCUT2D eigenvalue weighted by Crippen LogP contribution is -1.93. The summed E-state index contributed by atoms with van der Waals surface area (Å²) in [5.74, 6) is 2.89. The fourth-order valence-corrected chi connectivity index (χ4v) is 2.37. The van der Waals surface area contributed by atoms with Gasteiger partial charge in [-0.3, -0.25) is 0 Å². The van der Waals surface area contributed by atoms with Crippen molar-refractivity contribution < 1.29 is 9.47 Å². The molecule has 1 N–H and O–H groups in total. The fourth-order valence-electron chi connectivity index (χ4n) is 1.48. The Morgan fingerprint density at radius 2 is 1.79 bits per heavy atom. The molecular weight excluding hydrogens is 376 g/mol. The third kappa shape index (κ3) is 3.39. The van der Waals surface area contributed by atoms with Crippen LogP contribution in [0.25, 0.3) is 0 Å². The zero-order valence-electron chi connectivity index (χ0n) is 10.4. The molecule has 0 radical (unpaired) electrons. The topological polar surface area (TPSA) is 43.4 Å². The lowest BCUT2D eigenvalue weighted by molar-refractivity contribution is 0.409. The molecular formula is C13H12Br2N2O2. The van der Waals surface area contributed by atoms with Crippen molar-refractivity contribution in [1.29, 1.82) is 0 Å². The summed E-state index contributed by atoms with van der Waals surface area (Å²) in [6, 6.07) is 7.32. The molecule has 2 aromatic rings. The normalized spacial score (nSPS) is 10.1. The summed E-state index contributed by atoms with van der Waals surface area (Å²) in [4.78, 5) is 4.13. The number of halogens is 2. The fraction of sp³-hybridized carbons (Fsp3) is 0.154. The number of ether oxygens (including phenoxy) is 2. The molecule has 100 valence electrons. The maximum Gasteiger partial charge on any atom is 0.143 e. The zero-order valence-corrected chi connectivity index (χ0v) is 13.6. The van der Waals surface area contributed by atoms with Gasteiger partial charge >= 0.3 is 0 Å². The number of hydrogen-bond acceptors (Lipinski definition) is 4. The van der Waals surface area contributed by atoms with E-state index < -0.39 is 0 Å². The smallest absolute Gasteiger partial charge is 0.143 e. The van der Waals surface area contributed by atoms with Gasteiger partial charge in [0.1, 0.15) is 23.1 Å². The highest BCUT2D eigenvalue weighted by Crippen LogP contribution is 2.38. The molecule has 0 aliphatic rings. The third-order valence-corrected chi connectivity index (χ3v) is 3.66. The van der Waals surface area contributed by atoms with Gasteiger partial charge in [-0.1, -0.05) is 0 Å². The number of rotatable bonds is 4. The summed E-state index contributed by atoms with van der Waals surface area (Å²) in [5, 5.41) is 2.97. The Morgan fingerprint density at radius 3 is 2.47 bits per heavy atom. The molecule has 19 heavy (non-hydrogen) atoms. The van der Waals surface area contributed by atoms with Gasteiger partial charge in [0.2, 0.25) is 0 Å². The van der Waals surface area contributed by atoms with Crippen molar-refractivity contribution in [2.75, 3.05) is 19.5 Å². The number of methoxy groups -OCH3 is 1. The van der Waals surface area contributed by atoms with Gasteiger partial charge in [-0.15, -0.1) is 0 Å². The summed E-state index contributed by atoms with van der Waals surface area (Å²) in [6.45, 7) is 0. The van der Waals surface area contributed by atoms with Crippen molar-refractivity contribution in [3.8, 4) is 17.2 Å². The molecule has 0 atom stereocenters. The van der Waals surface area contributed by atoms with Gasteiger partial charge in [0.25, 0.3) is 0 Å². The van der Waals surface area contributed by atoms with Crippen LogP contribution in [0, 0.1) is 0 Å². The Labute approximate surface area is 128 Å². The van der Waals surface area contributed by atoms with Crippen molar-refractivity contribution in [3.05, 3.63) is 39.4 Å². The van der Waals surface area contributed by atoms with Crippen LogP contribution < -0.4 is 14.8 Å². The first-order valence-corrected chi connectivity index (χ1v) is 7.07. The van der Waals surface area contributed by atoms with Crippen LogP contribution in [0.2, 0.25) is 0 Å². The highest BCUT2D eigenvalue weighted by molar-refractivity contribution is 9.11. The van der Waals surface area contributed by atoms with Crippen LogP contribution in [-0.2, 0) is 0 Å². The molecule has 0 unspecified atom stereocenters. The number of benzene rings is 1. The summed E-state index contributed by atoms with van der Waals surface area (Å²) >= 11 is 6.89. The van der Waals surface area contributed by atoms with Crippen molar-refractivity contribution in [2.24, 2.45) is 0 Å². The molecule has 0 saturated heterocycles. The second-order valence-corrected chi connectivity index (χ2v) is 5.35. The van der Waals surface area contributed by atoms with E-state index >= 15 is 0 Å². The predicted molar refractivity (Wildman–Crippen MR) is 82.3 cm³/mol. The summed E-state index contributed by atoms with van der Waals surface area (Å²) in [5.41, 5.74) is 0. The minimum atomic E-state index is 0.695. The van der Waals surface area contributed by atoms with Gasteiger partial charge in [0, 0.05) is 19.3 Å². The number of nitrogens with zero attached hydrogens (tertiary/aromatic N) is 1. The Balaban J connectivity index is 2.30. The van der Waals surface area contributed by atoms with E-state index in [9.17, 15) is 0 Å². The lowest BCUT2D eigenvalue weighted by atomic mass is 10.3. The predicted octanol–water partition coefficient (Wildman–Crippen LogP) is 4.45. The van der Waals surface area contributed by atoms with Crippen molar-refractivity contribution in [1.82, 2.24) is 4.98 Å². The second kappa shape index (κ2) is 6.25. The maximum atomic E-state index is 5.82. The van der Waals surface area contributed by atoms with Gasteiger partial charge in [0.05, 0.1) is 16.1 Å². The zero-order chi connectivity index (χ0) is 13.8. The molecule has 4 nitrogen and oxygen atoms in total. The molecule has 1 aromatic carbocycles. The number of aromatic nitrogens is 1. The molecule has 0 amide bonds. The van der Waals surface area contributed by atoms with Crippen LogP contribution in [0.5, 0.6) is 17.2 Å². The van der Waals surface area contributed by atoms with Gasteiger partial charge in [-0.2, -0.15) is 0 Å². The van der Waals surface area contributed by atoms with Gasteiger partial charge in [-0.05, 0) is 50.1 Å². The molecule has 0 fully saturated rings. The van der Waals surface area contributed by atoms with Crippen LogP contribution in [0.3, 0.4) is 0 Å². The number of pyridine rings is 1. The maximum absolute atomic E-state index is 5.82. The first kappa shape index (κ1) is 14.1. The van der Waals surface area contributed by atoms with Crippen molar-refractivity contribution >= 4 is 37.7 Å². The summed E-state index contributed by atoms with van der Waals surface area (Å²) in [6.07, 6.45) is 1.69. The van der Waals surface area contributed by atoms with Crippen LogP contribution in [0.15, 0.2) is 39.4 Å². The second-order valence-electron chi connectivity index (χ2n) is 3.65. The molecule has 0 aliphatic carbocycles. The average molecular weight is 388 g/mol. The molecule has 1 aromatic heterocycles. The van der Waals surface area contributed by atoms with E-state index in [1.165, 1.54) is 0 Å². The van der Waals surface area contributed by atoms with E-state index in [-0.39, 0.29) is 0 Å². The van der Waals surface area contributed by atoms with E-state index in [1.807, 2.05) is 25.2 Å². The molecule has 0 spiro atoms. The third-order valence-electron chi connectivity index (χ3n) is 2.42. The standard InChI is InChI=1S/C13H12Br2N2O2/c1-16-13-5-8(3-4-17-13)19-12-7-9(14)11(18-2)6-10(12)15/h3-7H,1-2H3,(H,16,17). The van der Waals surface area contributed by atoms with Gasteiger partial charge in [0.15, 0.2) is 0 Å². The highest BCUT2D eigenvalue weighted by Gasteiger charge is 2.09. The average Bonchev–Trinajstić information content (AvgIpc) is 2.42. The first-order valence-electron chi connectivity index (χ1n) is 5.48. The van der Waals surface area contributed by atoms with Crippen molar-refractivity contribution in [3.63, 3.8) is 0 Å². The first-order chi connectivity index (χ1) is 9.13. The molecule has 1 heterocycles. The summed E-state index contributed by atoms with van der Waals surface area (Å²) < 4.78 is 12.7. The van der Waals surface area contributed by atoms with Crippen LogP contribution >= 0.6 is 31.9 Å². The molecule has 6 heteroatoms. The van der Waals surface area contributed by atoms with Crippen molar-refractivity contribution in [2.45, 2.75) is 0 Å². The Kier molecular flexibility index (Phi) is 4.66. The van der Waals surface area contributed by atoms with E-state index in [1.54, 1.807) is 19.4 Å². The Morgan fingerprint density at radius 1 is 1.11 bits per heavy atom. The minimum Gasteiger partial charge on any atom is -0.496 e. The minimum absolute atomic E-state index is 0.695. The van der Waals surface area contributed by atoms with E-state index in [0.717, 1.165) is 20.5 Å². The van der Waals surface area contributed by atoms with Crippen LogP contribution in [0.1, 0.15) is 0 Å². The highest BCUT2D eigenvalue weighted by atomic mass is 79.9. The Bertz CT molecular complexity index is 591. The van der Waals surface area contributed by atoms with E-state index in [4.69, 9.17) is 9.47 Å². The monoisotopic (exact) mass is 386 g/mol. The van der Waals surface area contributed by atoms with Gasteiger partial charge in [-0.25, -0.2) is 4.98 Å². The Hall–Kier alpha value is -1.27. The number of anilines is 1. The van der Waals surface area contributed by atoms with Crippen LogP contribution in [-0.4, -0.2) is 19.1 Å². The summed E-state index contributed by atoms with van der Waals surface area (Å²) in [7, 11) is 3.43. The van der Waals surface area contributed by atoms with Gasteiger partial charge < -0.3 is 14.8 Å².